The molecule has 5 nitrogen and oxygen atoms in total. The number of nitrogens with zero attached hydrogens (tertiary/aromatic N) is 2. The Morgan fingerprint density at radius 1 is 1.12 bits per heavy atom. The van der Waals surface area contributed by atoms with E-state index in [-0.39, 0.29) is 11.9 Å². The van der Waals surface area contributed by atoms with Crippen molar-refractivity contribution in [2.24, 2.45) is 0 Å². The van der Waals surface area contributed by atoms with Crippen LogP contribution in [0.2, 0.25) is 0 Å². The number of amides is 1. The minimum Gasteiger partial charge on any atom is -0.391 e. The van der Waals surface area contributed by atoms with E-state index >= 15 is 0 Å². The van der Waals surface area contributed by atoms with Crippen molar-refractivity contribution in [3.8, 4) is 0 Å². The smallest absolute Gasteiger partial charge is 0.251 e. The lowest BCUT2D eigenvalue weighted by Gasteiger charge is -2.20. The third-order valence-corrected chi connectivity index (χ3v) is 4.36. The molecule has 2 unspecified atom stereocenters. The van der Waals surface area contributed by atoms with Crippen molar-refractivity contribution in [3.63, 3.8) is 0 Å². The van der Waals surface area contributed by atoms with Gasteiger partial charge in [0.2, 0.25) is 0 Å². The fourth-order valence-corrected chi connectivity index (χ4v) is 2.77. The molecule has 0 saturated carbocycles. The Bertz CT molecular complexity index is 814. The van der Waals surface area contributed by atoms with Gasteiger partial charge in [-0.05, 0) is 30.2 Å². The first kappa shape index (κ1) is 17.9. The van der Waals surface area contributed by atoms with E-state index in [0.717, 1.165) is 11.1 Å². The van der Waals surface area contributed by atoms with Gasteiger partial charge in [-0.3, -0.25) is 4.79 Å². The number of aliphatic hydroxyl groups excluding tert-OH is 1. The molecule has 0 aliphatic rings. The first-order valence-electron chi connectivity index (χ1n) is 8.69. The van der Waals surface area contributed by atoms with Crippen molar-refractivity contribution in [3.05, 3.63) is 90.0 Å². The minimum atomic E-state index is -0.637. The number of carbonyl (C=O) groups excluding carboxylic acids is 1. The molecule has 0 aliphatic carbocycles. The molecule has 0 saturated heterocycles. The fourth-order valence-electron chi connectivity index (χ4n) is 2.77. The van der Waals surface area contributed by atoms with E-state index in [4.69, 9.17) is 0 Å². The van der Waals surface area contributed by atoms with Crippen LogP contribution in [0, 0.1) is 0 Å². The highest BCUT2D eigenvalue weighted by Gasteiger charge is 2.17. The zero-order valence-corrected chi connectivity index (χ0v) is 14.7. The number of imidazole rings is 1. The Kier molecular flexibility index (Phi) is 5.81. The van der Waals surface area contributed by atoms with Crippen molar-refractivity contribution in [1.82, 2.24) is 14.9 Å². The maximum Gasteiger partial charge on any atom is 0.251 e. The lowest BCUT2D eigenvalue weighted by molar-refractivity contribution is 0.0852. The summed E-state index contributed by atoms with van der Waals surface area (Å²) in [4.78, 5) is 16.4. The molecule has 3 aromatic rings. The average Bonchev–Trinajstić information content (AvgIpc) is 3.16. The van der Waals surface area contributed by atoms with Crippen LogP contribution >= 0.6 is 0 Å². The van der Waals surface area contributed by atoms with Gasteiger partial charge in [-0.1, -0.05) is 42.5 Å². The zero-order valence-electron chi connectivity index (χ0n) is 14.7. The summed E-state index contributed by atoms with van der Waals surface area (Å²) in [5.41, 5.74) is 2.72. The maximum atomic E-state index is 12.4. The van der Waals surface area contributed by atoms with Crippen LogP contribution in [0.3, 0.4) is 0 Å². The van der Waals surface area contributed by atoms with Gasteiger partial charge in [0.25, 0.3) is 5.91 Å². The molecule has 0 bridgehead atoms. The lowest BCUT2D eigenvalue weighted by Crippen LogP contribution is -2.42. The molecule has 1 amide bonds. The van der Waals surface area contributed by atoms with Crippen molar-refractivity contribution >= 4 is 5.91 Å². The van der Waals surface area contributed by atoms with Gasteiger partial charge in [-0.25, -0.2) is 4.98 Å². The Morgan fingerprint density at radius 2 is 1.85 bits per heavy atom. The van der Waals surface area contributed by atoms with E-state index in [1.165, 1.54) is 0 Å². The number of hydrogen-bond acceptors (Lipinski definition) is 3. The normalized spacial score (nSPS) is 13.2. The van der Waals surface area contributed by atoms with Crippen molar-refractivity contribution in [2.75, 3.05) is 0 Å². The molecule has 2 aromatic carbocycles. The second kappa shape index (κ2) is 8.45. The van der Waals surface area contributed by atoms with Gasteiger partial charge in [-0.2, -0.15) is 0 Å². The van der Waals surface area contributed by atoms with Gasteiger partial charge >= 0.3 is 0 Å². The molecule has 0 spiro atoms. The molecular weight excluding hydrogens is 326 g/mol. The summed E-state index contributed by atoms with van der Waals surface area (Å²) in [5, 5.41) is 13.2. The number of aliphatic hydroxyl groups is 1. The zero-order chi connectivity index (χ0) is 18.4. The average molecular weight is 349 g/mol. The van der Waals surface area contributed by atoms with Gasteiger partial charge in [0.1, 0.15) is 0 Å². The summed E-state index contributed by atoms with van der Waals surface area (Å²) in [6, 6.07) is 16.9. The van der Waals surface area contributed by atoms with Gasteiger partial charge in [-0.15, -0.1) is 0 Å². The molecular formula is C21H23N3O2. The topological polar surface area (TPSA) is 67.2 Å². The van der Waals surface area contributed by atoms with E-state index in [1.54, 1.807) is 24.7 Å². The molecule has 1 aromatic heterocycles. The van der Waals surface area contributed by atoms with E-state index in [2.05, 4.69) is 10.3 Å². The summed E-state index contributed by atoms with van der Waals surface area (Å²) in [7, 11) is 0. The van der Waals surface area contributed by atoms with Crippen molar-refractivity contribution in [1.29, 1.82) is 0 Å². The molecule has 2 N–H and O–H groups in total. The molecule has 134 valence electrons. The van der Waals surface area contributed by atoms with Crippen LogP contribution in [-0.2, 0) is 13.0 Å². The van der Waals surface area contributed by atoms with Gasteiger partial charge in [0, 0.05) is 30.9 Å². The van der Waals surface area contributed by atoms with E-state index in [1.807, 2.05) is 60.2 Å². The minimum absolute atomic E-state index is 0.182. The standard InChI is InChI=1S/C21H23N3O2/c1-16(20(25)13-17-5-3-2-4-6-17)23-21(26)19-9-7-18(8-10-19)14-24-12-11-22-15-24/h2-12,15-16,20,25H,13-14H2,1H3,(H,23,26). The number of aromatic nitrogens is 2. The first-order valence-corrected chi connectivity index (χ1v) is 8.69. The summed E-state index contributed by atoms with van der Waals surface area (Å²) in [5.74, 6) is -0.182. The Balaban J connectivity index is 1.55. The van der Waals surface area contributed by atoms with Gasteiger partial charge in [0.05, 0.1) is 18.5 Å². The number of nitrogens with one attached hydrogen (secondary N) is 1. The maximum absolute atomic E-state index is 12.4. The third-order valence-electron chi connectivity index (χ3n) is 4.36. The number of carbonyl (C=O) groups is 1. The highest BCUT2D eigenvalue weighted by molar-refractivity contribution is 5.94. The highest BCUT2D eigenvalue weighted by Crippen LogP contribution is 2.09. The molecule has 0 radical (unpaired) electrons. The molecule has 1 heterocycles. The lowest BCUT2D eigenvalue weighted by atomic mass is 10.0. The van der Waals surface area contributed by atoms with Crippen LogP contribution in [0.4, 0.5) is 0 Å². The third kappa shape index (κ3) is 4.80. The highest BCUT2D eigenvalue weighted by atomic mass is 16.3. The quantitative estimate of drug-likeness (QED) is 0.689. The van der Waals surface area contributed by atoms with E-state index in [0.29, 0.717) is 18.5 Å². The Labute approximate surface area is 153 Å². The summed E-state index contributed by atoms with van der Waals surface area (Å²) < 4.78 is 1.97. The molecule has 2 atom stereocenters. The van der Waals surface area contributed by atoms with Gasteiger partial charge in [0.15, 0.2) is 0 Å². The number of hydrogen-bond donors (Lipinski definition) is 2. The van der Waals surface area contributed by atoms with Crippen LogP contribution in [0.25, 0.3) is 0 Å². The van der Waals surface area contributed by atoms with Crippen LogP contribution in [-0.4, -0.2) is 32.7 Å². The number of rotatable bonds is 7. The van der Waals surface area contributed by atoms with E-state index < -0.39 is 6.10 Å². The van der Waals surface area contributed by atoms with Crippen LogP contribution in [0.1, 0.15) is 28.4 Å². The van der Waals surface area contributed by atoms with Crippen LogP contribution < -0.4 is 5.32 Å². The second-order valence-electron chi connectivity index (χ2n) is 6.45. The molecule has 3 rings (SSSR count). The molecule has 0 fully saturated rings. The first-order chi connectivity index (χ1) is 12.6. The van der Waals surface area contributed by atoms with Crippen molar-refractivity contribution in [2.45, 2.75) is 32.0 Å². The van der Waals surface area contributed by atoms with Crippen molar-refractivity contribution < 1.29 is 9.90 Å². The van der Waals surface area contributed by atoms with Crippen LogP contribution in [0.5, 0.6) is 0 Å². The largest absolute Gasteiger partial charge is 0.391 e. The SMILES string of the molecule is CC(NC(=O)c1ccc(Cn2ccnc2)cc1)C(O)Cc1ccccc1. The Hall–Kier alpha value is -2.92. The summed E-state index contributed by atoms with van der Waals surface area (Å²) in [6.07, 6.45) is 5.27. The molecule has 0 aliphatic heterocycles. The Morgan fingerprint density at radius 3 is 2.50 bits per heavy atom. The van der Waals surface area contributed by atoms with Crippen LogP contribution in [0.15, 0.2) is 73.3 Å². The molecule has 5 heteroatoms. The predicted octanol–water partition coefficient (Wildman–Crippen LogP) is 2.65. The molecule has 26 heavy (non-hydrogen) atoms. The van der Waals surface area contributed by atoms with E-state index in [9.17, 15) is 9.90 Å². The summed E-state index contributed by atoms with van der Waals surface area (Å²) in [6.45, 7) is 2.53. The number of benzene rings is 2. The monoisotopic (exact) mass is 349 g/mol. The second-order valence-corrected chi connectivity index (χ2v) is 6.45. The predicted molar refractivity (Wildman–Crippen MR) is 101 cm³/mol. The fraction of sp³-hybridized carbons (Fsp3) is 0.238. The van der Waals surface area contributed by atoms with Gasteiger partial charge < -0.3 is 15.0 Å². The summed E-state index contributed by atoms with van der Waals surface area (Å²) >= 11 is 0.